The number of benzene rings is 2. The van der Waals surface area contributed by atoms with Crippen LogP contribution in [0.3, 0.4) is 0 Å². The first-order valence-corrected chi connectivity index (χ1v) is 12.5. The van der Waals surface area contributed by atoms with E-state index in [4.69, 9.17) is 9.47 Å². The largest absolute Gasteiger partial charge is 0.493 e. The summed E-state index contributed by atoms with van der Waals surface area (Å²) in [5.74, 6) is 1.82. The Kier molecular flexibility index (Phi) is 9.40. The molecule has 1 amide bonds. The Bertz CT molecular complexity index is 992. The maximum atomic E-state index is 13.0. The molecule has 0 spiro atoms. The number of nitrogens with one attached hydrogen (secondary N) is 1. The van der Waals surface area contributed by atoms with Gasteiger partial charge in [-0.1, -0.05) is 26.0 Å². The van der Waals surface area contributed by atoms with Crippen molar-refractivity contribution in [3.05, 3.63) is 64.6 Å². The zero-order chi connectivity index (χ0) is 22.8. The lowest BCUT2D eigenvalue weighted by Crippen LogP contribution is -2.28. The number of thiazole rings is 1. The molecule has 32 heavy (non-hydrogen) atoms. The SMILES string of the molecule is CCN(CC)CCOc1cc(NC(=O)c2ccccc2SCc2cscn2)ccc1OC. The van der Waals surface area contributed by atoms with E-state index in [1.165, 1.54) is 0 Å². The van der Waals surface area contributed by atoms with Crippen LogP contribution in [-0.4, -0.2) is 49.1 Å². The molecule has 0 fully saturated rings. The van der Waals surface area contributed by atoms with Crippen LogP contribution in [0.2, 0.25) is 0 Å². The lowest BCUT2D eigenvalue weighted by molar-refractivity contribution is 0.102. The van der Waals surface area contributed by atoms with Crippen molar-refractivity contribution in [2.75, 3.05) is 38.7 Å². The second kappa shape index (κ2) is 12.5. The van der Waals surface area contributed by atoms with E-state index in [1.54, 1.807) is 30.2 Å². The number of ether oxygens (including phenoxy) is 2. The highest BCUT2D eigenvalue weighted by Gasteiger charge is 2.14. The van der Waals surface area contributed by atoms with Gasteiger partial charge in [0.2, 0.25) is 0 Å². The van der Waals surface area contributed by atoms with Gasteiger partial charge < -0.3 is 19.7 Å². The number of carbonyl (C=O) groups excluding carboxylic acids is 1. The smallest absolute Gasteiger partial charge is 0.256 e. The summed E-state index contributed by atoms with van der Waals surface area (Å²) < 4.78 is 11.4. The maximum absolute atomic E-state index is 13.0. The molecule has 0 aliphatic heterocycles. The molecule has 170 valence electrons. The van der Waals surface area contributed by atoms with Crippen LogP contribution >= 0.6 is 23.1 Å². The van der Waals surface area contributed by atoms with E-state index in [2.05, 4.69) is 29.0 Å². The van der Waals surface area contributed by atoms with Crippen molar-refractivity contribution in [3.63, 3.8) is 0 Å². The zero-order valence-corrected chi connectivity index (χ0v) is 20.3. The number of likely N-dealkylation sites (N-methyl/N-ethyl adjacent to an activating group) is 1. The molecule has 0 unspecified atom stereocenters. The molecule has 1 heterocycles. The number of hydrogen-bond donors (Lipinski definition) is 1. The number of amides is 1. The van der Waals surface area contributed by atoms with E-state index in [0.717, 1.165) is 36.0 Å². The fraction of sp³-hybridized carbons (Fsp3) is 0.333. The minimum Gasteiger partial charge on any atom is -0.493 e. The highest BCUT2D eigenvalue weighted by atomic mass is 32.2. The van der Waals surface area contributed by atoms with Crippen LogP contribution in [0.15, 0.2) is 58.3 Å². The molecule has 0 atom stereocenters. The average molecular weight is 472 g/mol. The molecule has 3 rings (SSSR count). The Labute approximate surface area is 198 Å². The summed E-state index contributed by atoms with van der Waals surface area (Å²) >= 11 is 3.18. The molecule has 0 aliphatic carbocycles. The van der Waals surface area contributed by atoms with Crippen molar-refractivity contribution in [2.45, 2.75) is 24.5 Å². The second-order valence-electron chi connectivity index (χ2n) is 6.96. The van der Waals surface area contributed by atoms with Gasteiger partial charge in [0.15, 0.2) is 11.5 Å². The monoisotopic (exact) mass is 471 g/mol. The summed E-state index contributed by atoms with van der Waals surface area (Å²) in [6.07, 6.45) is 0. The lowest BCUT2D eigenvalue weighted by atomic mass is 10.2. The van der Waals surface area contributed by atoms with E-state index in [-0.39, 0.29) is 5.91 Å². The lowest BCUT2D eigenvalue weighted by Gasteiger charge is -2.19. The van der Waals surface area contributed by atoms with Crippen LogP contribution in [0.4, 0.5) is 5.69 Å². The van der Waals surface area contributed by atoms with Gasteiger partial charge in [-0.25, -0.2) is 4.98 Å². The summed E-state index contributed by atoms with van der Waals surface area (Å²) in [5, 5.41) is 5.02. The normalized spacial score (nSPS) is 10.9. The Morgan fingerprint density at radius 3 is 2.69 bits per heavy atom. The molecule has 0 radical (unpaired) electrons. The van der Waals surface area contributed by atoms with Crippen LogP contribution in [-0.2, 0) is 5.75 Å². The highest BCUT2D eigenvalue weighted by Crippen LogP contribution is 2.31. The molecule has 0 saturated carbocycles. The highest BCUT2D eigenvalue weighted by molar-refractivity contribution is 7.98. The quantitative estimate of drug-likeness (QED) is 0.356. The number of rotatable bonds is 12. The van der Waals surface area contributed by atoms with E-state index >= 15 is 0 Å². The van der Waals surface area contributed by atoms with Gasteiger partial charge in [-0.15, -0.1) is 23.1 Å². The van der Waals surface area contributed by atoms with Gasteiger partial charge >= 0.3 is 0 Å². The van der Waals surface area contributed by atoms with Crippen molar-refractivity contribution in [2.24, 2.45) is 0 Å². The molecule has 1 N–H and O–H groups in total. The summed E-state index contributed by atoms with van der Waals surface area (Å²) in [6, 6.07) is 13.0. The predicted octanol–water partition coefficient (Wildman–Crippen LogP) is 5.42. The number of methoxy groups -OCH3 is 1. The summed E-state index contributed by atoms with van der Waals surface area (Å²) in [5.41, 5.74) is 4.12. The van der Waals surface area contributed by atoms with Crippen LogP contribution in [0.5, 0.6) is 11.5 Å². The maximum Gasteiger partial charge on any atom is 0.256 e. The molecule has 6 nitrogen and oxygen atoms in total. The van der Waals surface area contributed by atoms with Crippen LogP contribution in [0, 0.1) is 0 Å². The van der Waals surface area contributed by atoms with Gasteiger partial charge in [-0.2, -0.15) is 0 Å². The Balaban J connectivity index is 1.68. The fourth-order valence-corrected chi connectivity index (χ4v) is 4.75. The van der Waals surface area contributed by atoms with Crippen LogP contribution < -0.4 is 14.8 Å². The molecule has 0 saturated heterocycles. The Hall–Kier alpha value is -2.55. The Morgan fingerprint density at radius 2 is 1.97 bits per heavy atom. The van der Waals surface area contributed by atoms with Gasteiger partial charge in [-0.05, 0) is 37.4 Å². The average Bonchev–Trinajstić information content (AvgIpc) is 3.34. The first-order chi connectivity index (χ1) is 15.6. The predicted molar refractivity (Wildman–Crippen MR) is 132 cm³/mol. The van der Waals surface area contributed by atoms with Crippen molar-refractivity contribution >= 4 is 34.7 Å². The minimum absolute atomic E-state index is 0.161. The van der Waals surface area contributed by atoms with E-state index in [0.29, 0.717) is 29.4 Å². The second-order valence-corrected chi connectivity index (χ2v) is 8.70. The number of hydrogen-bond acceptors (Lipinski definition) is 7. The number of carbonyl (C=O) groups is 1. The van der Waals surface area contributed by atoms with Gasteiger partial charge in [0.05, 0.1) is 23.9 Å². The zero-order valence-electron chi connectivity index (χ0n) is 18.7. The van der Waals surface area contributed by atoms with E-state index in [1.807, 2.05) is 53.4 Å². The number of anilines is 1. The summed E-state index contributed by atoms with van der Waals surface area (Å²) in [6.45, 7) is 7.60. The molecule has 2 aromatic carbocycles. The standard InChI is InChI=1S/C24H29N3O3S2/c1-4-27(5-2)12-13-30-22-14-18(10-11-21(22)29-3)26-24(28)20-8-6-7-9-23(20)32-16-19-15-31-17-25-19/h6-11,14-15,17H,4-5,12-13,16H2,1-3H3,(H,26,28). The molecule has 3 aromatic rings. The van der Waals surface area contributed by atoms with Gasteiger partial charge in [-0.3, -0.25) is 4.79 Å². The molecule has 8 heteroatoms. The third kappa shape index (κ3) is 6.72. The molecule has 1 aromatic heterocycles. The van der Waals surface area contributed by atoms with E-state index in [9.17, 15) is 4.79 Å². The Morgan fingerprint density at radius 1 is 1.16 bits per heavy atom. The first-order valence-electron chi connectivity index (χ1n) is 10.6. The third-order valence-corrected chi connectivity index (χ3v) is 6.71. The fourth-order valence-electron chi connectivity index (χ4n) is 3.13. The van der Waals surface area contributed by atoms with Gasteiger partial charge in [0, 0.05) is 34.3 Å². The van der Waals surface area contributed by atoms with Crippen molar-refractivity contribution in [3.8, 4) is 11.5 Å². The molecule has 0 aliphatic rings. The summed E-state index contributed by atoms with van der Waals surface area (Å²) in [4.78, 5) is 20.5. The topological polar surface area (TPSA) is 63.7 Å². The number of nitrogens with zero attached hydrogens (tertiary/aromatic N) is 2. The van der Waals surface area contributed by atoms with E-state index < -0.39 is 0 Å². The molecular formula is C24H29N3O3S2. The molecule has 0 bridgehead atoms. The number of thioether (sulfide) groups is 1. The van der Waals surface area contributed by atoms with Crippen molar-refractivity contribution in [1.82, 2.24) is 9.88 Å². The first kappa shape index (κ1) is 24.1. The van der Waals surface area contributed by atoms with Crippen LogP contribution in [0.1, 0.15) is 29.9 Å². The van der Waals surface area contributed by atoms with Gasteiger partial charge in [0.1, 0.15) is 6.61 Å². The third-order valence-electron chi connectivity index (χ3n) is 4.97. The van der Waals surface area contributed by atoms with Crippen LogP contribution in [0.25, 0.3) is 0 Å². The van der Waals surface area contributed by atoms with Gasteiger partial charge in [0.25, 0.3) is 5.91 Å². The number of aromatic nitrogens is 1. The van der Waals surface area contributed by atoms with Crippen molar-refractivity contribution in [1.29, 1.82) is 0 Å². The van der Waals surface area contributed by atoms with Crippen molar-refractivity contribution < 1.29 is 14.3 Å². The minimum atomic E-state index is -0.161. The molecular weight excluding hydrogens is 442 g/mol. The summed E-state index contributed by atoms with van der Waals surface area (Å²) in [7, 11) is 1.61.